The van der Waals surface area contributed by atoms with E-state index >= 15 is 0 Å². The van der Waals surface area contributed by atoms with Crippen LogP contribution in [-0.2, 0) is 16.1 Å². The molecule has 2 atom stereocenters. The number of nitrogens with two attached hydrogens (primary N) is 2. The summed E-state index contributed by atoms with van der Waals surface area (Å²) in [5.41, 5.74) is 11.2. The Hall–Kier alpha value is -2.48. The minimum absolute atomic E-state index is 0.0422. The molecule has 8 heteroatoms. The highest BCUT2D eigenvalue weighted by Crippen LogP contribution is 2.56. The van der Waals surface area contributed by atoms with Crippen molar-refractivity contribution < 1.29 is 14.7 Å². The first-order chi connectivity index (χ1) is 11.4. The fraction of sp³-hybridized carbons (Fsp3) is 0.312. The number of fused-ring (bicyclic) bond motifs is 1. The number of carboxylic acid groups (broad SMARTS) is 1. The van der Waals surface area contributed by atoms with Crippen molar-refractivity contribution in [1.29, 1.82) is 0 Å². The number of carboxylic acids is 1. The summed E-state index contributed by atoms with van der Waals surface area (Å²) in [5.74, 6) is -1.35. The molecule has 0 bridgehead atoms. The maximum absolute atomic E-state index is 12.3. The van der Waals surface area contributed by atoms with E-state index in [1.807, 2.05) is 24.3 Å². The first-order valence-corrected chi connectivity index (χ1v) is 8.37. The summed E-state index contributed by atoms with van der Waals surface area (Å²) in [4.78, 5) is 30.2. The molecule has 3 rings (SSSR count). The number of carbonyl (C=O) groups is 2. The molecule has 2 aliphatic heterocycles. The predicted molar refractivity (Wildman–Crippen MR) is 92.5 cm³/mol. The van der Waals surface area contributed by atoms with E-state index in [2.05, 4.69) is 4.99 Å². The SMILES string of the molecule is CC[C@@]1(C(=O)O)C(=O)N2C=C(c3ccc(CN=C(N)N)cc3)S[C@@H]21. The molecule has 2 aliphatic rings. The van der Waals surface area contributed by atoms with Gasteiger partial charge in [0.25, 0.3) is 0 Å². The van der Waals surface area contributed by atoms with Gasteiger partial charge in [-0.05, 0) is 17.5 Å². The second kappa shape index (κ2) is 5.86. The van der Waals surface area contributed by atoms with Crippen molar-refractivity contribution in [1.82, 2.24) is 4.90 Å². The molecule has 1 amide bonds. The van der Waals surface area contributed by atoms with Crippen LogP contribution >= 0.6 is 11.8 Å². The molecule has 7 nitrogen and oxygen atoms in total. The number of nitrogens with zero attached hydrogens (tertiary/aromatic N) is 2. The molecule has 0 spiro atoms. The molecule has 1 fully saturated rings. The van der Waals surface area contributed by atoms with Crippen LogP contribution in [-0.4, -0.2) is 33.2 Å². The van der Waals surface area contributed by atoms with Crippen molar-refractivity contribution in [2.24, 2.45) is 21.9 Å². The maximum atomic E-state index is 12.3. The van der Waals surface area contributed by atoms with Crippen molar-refractivity contribution >= 4 is 34.5 Å². The molecule has 0 radical (unpaired) electrons. The second-order valence-electron chi connectivity index (χ2n) is 5.74. The van der Waals surface area contributed by atoms with E-state index in [-0.39, 0.29) is 23.7 Å². The molecule has 126 valence electrons. The van der Waals surface area contributed by atoms with Crippen molar-refractivity contribution in [2.45, 2.75) is 25.3 Å². The van der Waals surface area contributed by atoms with E-state index in [0.717, 1.165) is 16.0 Å². The molecule has 1 aromatic carbocycles. The number of β-lactam (4-membered cyclic amide) rings is 1. The summed E-state index contributed by atoms with van der Waals surface area (Å²) in [6.07, 6.45) is 2.02. The third kappa shape index (κ3) is 2.34. The van der Waals surface area contributed by atoms with Gasteiger partial charge in [-0.25, -0.2) is 4.99 Å². The zero-order valence-electron chi connectivity index (χ0n) is 13.1. The second-order valence-corrected chi connectivity index (χ2v) is 6.87. The van der Waals surface area contributed by atoms with Crippen LogP contribution in [0.1, 0.15) is 24.5 Å². The number of aliphatic imine (C=N–C) groups is 1. The number of guanidine groups is 1. The maximum Gasteiger partial charge on any atom is 0.322 e. The average Bonchev–Trinajstić information content (AvgIpc) is 2.95. The van der Waals surface area contributed by atoms with Gasteiger partial charge < -0.3 is 21.5 Å². The summed E-state index contributed by atoms with van der Waals surface area (Å²) in [7, 11) is 0. The molecule has 24 heavy (non-hydrogen) atoms. The van der Waals surface area contributed by atoms with Gasteiger partial charge >= 0.3 is 5.97 Å². The van der Waals surface area contributed by atoms with E-state index in [4.69, 9.17) is 11.5 Å². The Bertz CT molecular complexity index is 755. The Kier molecular flexibility index (Phi) is 4.00. The monoisotopic (exact) mass is 346 g/mol. The van der Waals surface area contributed by atoms with E-state index in [9.17, 15) is 14.7 Å². The molecule has 0 aromatic heterocycles. The quantitative estimate of drug-likeness (QED) is 0.318. The van der Waals surface area contributed by atoms with Gasteiger partial charge in [0.15, 0.2) is 11.4 Å². The van der Waals surface area contributed by atoms with Crippen LogP contribution in [0.2, 0.25) is 0 Å². The topological polar surface area (TPSA) is 122 Å². The van der Waals surface area contributed by atoms with E-state index < -0.39 is 11.4 Å². The van der Waals surface area contributed by atoms with Crippen LogP contribution in [0.3, 0.4) is 0 Å². The predicted octanol–water partition coefficient (Wildman–Crippen LogP) is 1.15. The largest absolute Gasteiger partial charge is 0.480 e. The van der Waals surface area contributed by atoms with Gasteiger partial charge in [0.1, 0.15) is 5.37 Å². The standard InChI is InChI=1S/C16H18N4O3S/c1-2-16(14(22)23)12(21)20-8-11(24-13(16)20)10-5-3-9(4-6-10)7-19-15(17)18/h3-6,8,13H,2,7H2,1H3,(H,22,23)(H4,17,18,19)/t13-,16-/m1/s1. The lowest BCUT2D eigenvalue weighted by atomic mass is 9.76. The smallest absolute Gasteiger partial charge is 0.322 e. The highest BCUT2D eigenvalue weighted by molar-refractivity contribution is 8.09. The van der Waals surface area contributed by atoms with Crippen LogP contribution in [0.15, 0.2) is 35.5 Å². The van der Waals surface area contributed by atoms with E-state index in [1.54, 1.807) is 13.1 Å². The average molecular weight is 346 g/mol. The molecular weight excluding hydrogens is 328 g/mol. The lowest BCUT2D eigenvalue weighted by Gasteiger charge is -2.48. The Balaban J connectivity index is 1.78. The van der Waals surface area contributed by atoms with Crippen molar-refractivity contribution in [3.05, 3.63) is 41.6 Å². The molecule has 5 N–H and O–H groups in total. The zero-order chi connectivity index (χ0) is 17.5. The lowest BCUT2D eigenvalue weighted by Crippen LogP contribution is -2.67. The van der Waals surface area contributed by atoms with Crippen LogP contribution in [0, 0.1) is 5.41 Å². The van der Waals surface area contributed by atoms with Crippen LogP contribution in [0.25, 0.3) is 4.91 Å². The van der Waals surface area contributed by atoms with Crippen molar-refractivity contribution in [2.75, 3.05) is 0 Å². The zero-order valence-corrected chi connectivity index (χ0v) is 13.9. The van der Waals surface area contributed by atoms with Gasteiger partial charge in [-0.15, -0.1) is 0 Å². The summed E-state index contributed by atoms with van der Waals surface area (Å²) >= 11 is 1.42. The number of hydrogen-bond donors (Lipinski definition) is 3. The summed E-state index contributed by atoms with van der Waals surface area (Å²) in [6.45, 7) is 2.14. The summed E-state index contributed by atoms with van der Waals surface area (Å²) < 4.78 is 0. The van der Waals surface area contributed by atoms with Gasteiger partial charge in [0.05, 0.1) is 6.54 Å². The Morgan fingerprint density at radius 1 is 1.38 bits per heavy atom. The van der Waals surface area contributed by atoms with Gasteiger partial charge in [0.2, 0.25) is 5.91 Å². The van der Waals surface area contributed by atoms with Gasteiger partial charge in [-0.3, -0.25) is 9.59 Å². The molecular formula is C16H18N4O3S. The summed E-state index contributed by atoms with van der Waals surface area (Å²) in [6, 6.07) is 7.65. The number of thioether (sulfide) groups is 1. The number of amides is 1. The molecule has 2 heterocycles. The molecule has 1 aromatic rings. The molecule has 0 unspecified atom stereocenters. The first kappa shape index (κ1) is 16.4. The van der Waals surface area contributed by atoms with Gasteiger partial charge in [-0.1, -0.05) is 43.0 Å². The number of benzene rings is 1. The third-order valence-electron chi connectivity index (χ3n) is 4.41. The molecule has 0 saturated carbocycles. The fourth-order valence-electron chi connectivity index (χ4n) is 2.95. The van der Waals surface area contributed by atoms with E-state index in [0.29, 0.717) is 6.54 Å². The Morgan fingerprint density at radius 3 is 2.58 bits per heavy atom. The van der Waals surface area contributed by atoms with Crippen LogP contribution < -0.4 is 11.5 Å². The third-order valence-corrected chi connectivity index (χ3v) is 5.86. The summed E-state index contributed by atoms with van der Waals surface area (Å²) in [5, 5.41) is 9.11. The Labute approximate surface area is 143 Å². The van der Waals surface area contributed by atoms with Gasteiger partial charge in [-0.2, -0.15) is 0 Å². The minimum Gasteiger partial charge on any atom is -0.480 e. The lowest BCUT2D eigenvalue weighted by molar-refractivity contribution is -0.175. The Morgan fingerprint density at radius 2 is 2.04 bits per heavy atom. The van der Waals surface area contributed by atoms with Crippen molar-refractivity contribution in [3.63, 3.8) is 0 Å². The highest BCUT2D eigenvalue weighted by atomic mass is 32.2. The molecule has 0 aliphatic carbocycles. The van der Waals surface area contributed by atoms with Crippen LogP contribution in [0.4, 0.5) is 0 Å². The van der Waals surface area contributed by atoms with Crippen molar-refractivity contribution in [3.8, 4) is 0 Å². The number of hydrogen-bond acceptors (Lipinski definition) is 4. The molecule has 1 saturated heterocycles. The number of aliphatic carboxylic acids is 1. The van der Waals surface area contributed by atoms with Crippen LogP contribution in [0.5, 0.6) is 0 Å². The van der Waals surface area contributed by atoms with Gasteiger partial charge in [0, 0.05) is 11.1 Å². The number of rotatable bonds is 5. The number of carbonyl (C=O) groups excluding carboxylic acids is 1. The normalized spacial score (nSPS) is 24.9. The first-order valence-electron chi connectivity index (χ1n) is 7.49. The highest BCUT2D eigenvalue weighted by Gasteiger charge is 2.66. The fourth-order valence-corrected chi connectivity index (χ4v) is 4.48. The van der Waals surface area contributed by atoms with E-state index in [1.165, 1.54) is 16.7 Å². The minimum atomic E-state index is -1.31.